The van der Waals surface area contributed by atoms with E-state index in [1.807, 2.05) is 41.3 Å². The third-order valence-electron chi connectivity index (χ3n) is 8.04. The zero-order valence-corrected chi connectivity index (χ0v) is 24.1. The maximum absolute atomic E-state index is 13.7. The Bertz CT molecular complexity index is 1110. The molecule has 9 heteroatoms. The molecule has 4 rings (SSSR count). The molecule has 1 N–H and O–H groups in total. The van der Waals surface area contributed by atoms with Crippen molar-refractivity contribution < 1.29 is 24.2 Å². The number of likely N-dealkylation sites (tertiary alicyclic amines) is 1. The second kappa shape index (κ2) is 14.5. The maximum Gasteiger partial charge on any atom is 0.308 e. The van der Waals surface area contributed by atoms with Crippen LogP contribution < -0.4 is 9.47 Å². The molecule has 2 aliphatic rings. The summed E-state index contributed by atoms with van der Waals surface area (Å²) >= 11 is 0. The van der Waals surface area contributed by atoms with Gasteiger partial charge in [0, 0.05) is 43.5 Å². The van der Waals surface area contributed by atoms with Crippen LogP contribution in [0.25, 0.3) is 0 Å². The quantitative estimate of drug-likeness (QED) is 0.333. The number of rotatable bonds is 15. The molecule has 9 nitrogen and oxygen atoms in total. The number of aryl methyl sites for hydroxylation is 1. The van der Waals surface area contributed by atoms with E-state index < -0.39 is 11.9 Å². The van der Waals surface area contributed by atoms with Crippen LogP contribution in [0.2, 0.25) is 0 Å². The summed E-state index contributed by atoms with van der Waals surface area (Å²) in [5.41, 5.74) is 1.83. The number of pyridine rings is 1. The molecule has 0 bridgehead atoms. The van der Waals surface area contributed by atoms with Crippen molar-refractivity contribution >= 4 is 11.9 Å². The number of benzene rings is 1. The standard InChI is InChI=1S/C31H44N4O5/c1-4-5-17-34(18-9-8-16-33(2)3)29(36)21-35-20-25(23-11-14-27-28(19-23)40-22-39-27)30(31(37)38)26(35)13-12-24-10-6-7-15-32-24/h6-7,10-11,14-15,19,25-26,30H,4-5,8-9,12-13,16-18,20-22H2,1-3H3,(H,37,38)/t25-,26+,30?/m1/s1. The van der Waals surface area contributed by atoms with E-state index in [1.165, 1.54) is 0 Å². The molecule has 1 aromatic carbocycles. The molecule has 3 atom stereocenters. The molecule has 1 saturated heterocycles. The highest BCUT2D eigenvalue weighted by Gasteiger charge is 2.47. The lowest BCUT2D eigenvalue weighted by Gasteiger charge is -2.30. The molecule has 0 aliphatic carbocycles. The first kappa shape index (κ1) is 29.8. The van der Waals surface area contributed by atoms with Gasteiger partial charge in [-0.3, -0.25) is 19.5 Å². The summed E-state index contributed by atoms with van der Waals surface area (Å²) in [5.74, 6) is -0.358. The van der Waals surface area contributed by atoms with Gasteiger partial charge in [-0.2, -0.15) is 0 Å². The number of aliphatic carboxylic acids is 1. The van der Waals surface area contributed by atoms with Crippen LogP contribution in [0, 0.1) is 5.92 Å². The number of amides is 1. The highest BCUT2D eigenvalue weighted by atomic mass is 16.7. The number of hydrogen-bond donors (Lipinski definition) is 1. The van der Waals surface area contributed by atoms with E-state index in [9.17, 15) is 14.7 Å². The SMILES string of the molecule is CCCCN(CCCCN(C)C)C(=O)CN1C[C@H](c2ccc3c(c2)OCO3)C(C(=O)O)[C@@H]1CCc1ccccn1. The normalized spacial score (nSPS) is 20.2. The molecular formula is C31H44N4O5. The van der Waals surface area contributed by atoms with Crippen LogP contribution in [0.4, 0.5) is 0 Å². The van der Waals surface area contributed by atoms with Gasteiger partial charge in [-0.25, -0.2) is 0 Å². The molecule has 2 aromatic rings. The van der Waals surface area contributed by atoms with Gasteiger partial charge in [-0.1, -0.05) is 25.5 Å². The summed E-state index contributed by atoms with van der Waals surface area (Å²) in [6, 6.07) is 11.2. The zero-order valence-electron chi connectivity index (χ0n) is 24.1. The van der Waals surface area contributed by atoms with Gasteiger partial charge in [-0.15, -0.1) is 0 Å². The van der Waals surface area contributed by atoms with E-state index in [0.717, 1.165) is 56.6 Å². The van der Waals surface area contributed by atoms with Gasteiger partial charge in [0.1, 0.15) is 0 Å². The summed E-state index contributed by atoms with van der Waals surface area (Å²) in [6.45, 7) is 5.48. The molecule has 1 fully saturated rings. The summed E-state index contributed by atoms with van der Waals surface area (Å²) < 4.78 is 11.1. The molecule has 0 saturated carbocycles. The first-order valence-corrected chi connectivity index (χ1v) is 14.6. The fourth-order valence-corrected chi connectivity index (χ4v) is 5.89. The molecule has 1 unspecified atom stereocenters. The number of carboxylic acids is 1. The Morgan fingerprint density at radius 3 is 2.55 bits per heavy atom. The summed E-state index contributed by atoms with van der Waals surface area (Å²) in [6.07, 6.45) is 6.99. The first-order valence-electron chi connectivity index (χ1n) is 14.6. The number of carbonyl (C=O) groups excluding carboxylic acids is 1. The maximum atomic E-state index is 13.7. The van der Waals surface area contributed by atoms with Crippen LogP contribution in [0.15, 0.2) is 42.6 Å². The van der Waals surface area contributed by atoms with E-state index in [4.69, 9.17) is 9.47 Å². The Kier molecular flexibility index (Phi) is 10.8. The van der Waals surface area contributed by atoms with Gasteiger partial charge in [0.05, 0.1) is 12.5 Å². The summed E-state index contributed by atoms with van der Waals surface area (Å²) in [4.78, 5) is 37.2. The van der Waals surface area contributed by atoms with E-state index in [-0.39, 0.29) is 31.2 Å². The molecule has 1 aromatic heterocycles. The minimum atomic E-state index is -0.838. The van der Waals surface area contributed by atoms with E-state index >= 15 is 0 Å². The number of aromatic nitrogens is 1. The number of ether oxygens (including phenoxy) is 2. The fraction of sp³-hybridized carbons (Fsp3) is 0.581. The van der Waals surface area contributed by atoms with Crippen molar-refractivity contribution in [3.8, 4) is 11.5 Å². The molecule has 0 radical (unpaired) electrons. The minimum Gasteiger partial charge on any atom is -0.481 e. The van der Waals surface area contributed by atoms with Crippen LogP contribution in [0.1, 0.15) is 56.2 Å². The third-order valence-corrected chi connectivity index (χ3v) is 8.04. The van der Waals surface area contributed by atoms with Crippen LogP contribution in [-0.4, -0.2) is 96.3 Å². The molecule has 2 aliphatic heterocycles. The second-order valence-electron chi connectivity index (χ2n) is 11.2. The summed E-state index contributed by atoms with van der Waals surface area (Å²) in [7, 11) is 4.13. The van der Waals surface area contributed by atoms with E-state index in [1.54, 1.807) is 6.20 Å². The fourth-order valence-electron chi connectivity index (χ4n) is 5.89. The molecule has 3 heterocycles. The number of carbonyl (C=O) groups is 2. The average molecular weight is 553 g/mol. The lowest BCUT2D eigenvalue weighted by Crippen LogP contribution is -2.45. The van der Waals surface area contributed by atoms with E-state index in [0.29, 0.717) is 30.9 Å². The predicted octanol–water partition coefficient (Wildman–Crippen LogP) is 3.88. The van der Waals surface area contributed by atoms with Crippen molar-refractivity contribution in [1.29, 1.82) is 0 Å². The topological polar surface area (TPSA) is 95.4 Å². The molecule has 1 amide bonds. The van der Waals surface area contributed by atoms with Crippen molar-refractivity contribution in [1.82, 2.24) is 19.7 Å². The van der Waals surface area contributed by atoms with Crippen LogP contribution in [0.5, 0.6) is 11.5 Å². The largest absolute Gasteiger partial charge is 0.481 e. The van der Waals surface area contributed by atoms with Crippen molar-refractivity contribution in [2.75, 3.05) is 53.6 Å². The number of hydrogen-bond acceptors (Lipinski definition) is 7. The second-order valence-corrected chi connectivity index (χ2v) is 11.2. The smallest absolute Gasteiger partial charge is 0.308 e. The van der Waals surface area contributed by atoms with Crippen molar-refractivity contribution in [3.05, 3.63) is 53.9 Å². The van der Waals surface area contributed by atoms with Crippen molar-refractivity contribution in [2.24, 2.45) is 5.92 Å². The zero-order chi connectivity index (χ0) is 28.5. The number of carboxylic acid groups (broad SMARTS) is 1. The van der Waals surface area contributed by atoms with Gasteiger partial charge in [-0.05, 0) is 82.6 Å². The highest BCUT2D eigenvalue weighted by molar-refractivity contribution is 5.79. The van der Waals surface area contributed by atoms with Gasteiger partial charge in [0.25, 0.3) is 0 Å². The van der Waals surface area contributed by atoms with Crippen molar-refractivity contribution in [3.63, 3.8) is 0 Å². The first-order chi connectivity index (χ1) is 19.4. The Morgan fingerprint density at radius 2 is 1.82 bits per heavy atom. The van der Waals surface area contributed by atoms with Gasteiger partial charge in [0.15, 0.2) is 11.5 Å². The Labute approximate surface area is 238 Å². The third kappa shape index (κ3) is 7.73. The molecule has 40 heavy (non-hydrogen) atoms. The molecule has 218 valence electrons. The van der Waals surface area contributed by atoms with Gasteiger partial charge >= 0.3 is 5.97 Å². The average Bonchev–Trinajstić information content (AvgIpc) is 3.56. The Morgan fingerprint density at radius 1 is 1.05 bits per heavy atom. The van der Waals surface area contributed by atoms with Crippen LogP contribution in [-0.2, 0) is 16.0 Å². The number of nitrogens with zero attached hydrogens (tertiary/aromatic N) is 4. The van der Waals surface area contributed by atoms with Gasteiger partial charge < -0.3 is 24.4 Å². The number of fused-ring (bicyclic) bond motifs is 1. The Balaban J connectivity index is 1.54. The van der Waals surface area contributed by atoms with E-state index in [2.05, 4.69) is 35.8 Å². The minimum absolute atomic E-state index is 0.0802. The number of unbranched alkanes of at least 4 members (excludes halogenated alkanes) is 2. The van der Waals surface area contributed by atoms with Crippen LogP contribution in [0.3, 0.4) is 0 Å². The lowest BCUT2D eigenvalue weighted by molar-refractivity contribution is -0.143. The lowest BCUT2D eigenvalue weighted by atomic mass is 9.83. The van der Waals surface area contributed by atoms with Gasteiger partial charge in [0.2, 0.25) is 12.7 Å². The predicted molar refractivity (Wildman–Crippen MR) is 154 cm³/mol. The highest BCUT2D eigenvalue weighted by Crippen LogP contribution is 2.43. The summed E-state index contributed by atoms with van der Waals surface area (Å²) in [5, 5.41) is 10.5. The monoisotopic (exact) mass is 552 g/mol. The van der Waals surface area contributed by atoms with Crippen molar-refractivity contribution in [2.45, 2.75) is 57.4 Å². The Hall–Kier alpha value is -3.17. The molecular weight excluding hydrogens is 508 g/mol. The van der Waals surface area contributed by atoms with Crippen LogP contribution >= 0.6 is 0 Å². The molecule has 0 spiro atoms.